The fraction of sp³-hybridized carbons (Fsp3) is 0.690. The van der Waals surface area contributed by atoms with E-state index >= 15 is 0 Å². The van der Waals surface area contributed by atoms with Gasteiger partial charge in [0.2, 0.25) is 11.8 Å². The van der Waals surface area contributed by atoms with Gasteiger partial charge in [-0.05, 0) is 73.3 Å². The Morgan fingerprint density at radius 2 is 1.69 bits per heavy atom. The number of amides is 3. The van der Waals surface area contributed by atoms with E-state index in [1.54, 1.807) is 4.90 Å². The number of benzene rings is 1. The second-order valence-electron chi connectivity index (χ2n) is 11.5. The van der Waals surface area contributed by atoms with Crippen molar-refractivity contribution in [2.75, 3.05) is 5.75 Å². The lowest BCUT2D eigenvalue weighted by molar-refractivity contribution is -0.136. The Hall–Kier alpha value is -1.82. The number of hydrogen-bond donors (Lipinski definition) is 1. The highest BCUT2D eigenvalue weighted by atomic mass is 32.2. The van der Waals surface area contributed by atoms with Crippen LogP contribution in [-0.4, -0.2) is 34.4 Å². The summed E-state index contributed by atoms with van der Waals surface area (Å²) >= 11 is 1.83. The lowest BCUT2D eigenvalue weighted by atomic mass is 9.72. The van der Waals surface area contributed by atoms with Crippen molar-refractivity contribution in [1.29, 1.82) is 0 Å². The molecule has 4 rings (SSSR count). The van der Waals surface area contributed by atoms with Crippen LogP contribution in [-0.2, 0) is 16.1 Å². The normalized spacial score (nSPS) is 22.4. The maximum atomic E-state index is 13.0. The fourth-order valence-electron chi connectivity index (χ4n) is 5.86. The summed E-state index contributed by atoms with van der Waals surface area (Å²) in [5.41, 5.74) is 2.33. The maximum Gasteiger partial charge on any atom is 0.255 e. The summed E-state index contributed by atoms with van der Waals surface area (Å²) in [6.07, 6.45) is 15.7. The molecule has 1 atom stereocenters. The van der Waals surface area contributed by atoms with Crippen LogP contribution in [0.4, 0.5) is 0 Å². The molecule has 0 aromatic heterocycles. The molecule has 2 heterocycles. The van der Waals surface area contributed by atoms with E-state index < -0.39 is 6.04 Å². The zero-order valence-electron chi connectivity index (χ0n) is 21.6. The van der Waals surface area contributed by atoms with Gasteiger partial charge in [-0.1, -0.05) is 58.4 Å². The number of nitrogens with one attached hydrogen (secondary N) is 1. The highest BCUT2D eigenvalue weighted by molar-refractivity contribution is 7.99. The Kier molecular flexibility index (Phi) is 8.96. The summed E-state index contributed by atoms with van der Waals surface area (Å²) in [5.74, 6) is 1.35. The standard InChI is InChI=1S/C29H42N2O3S/c1-29(2)17-15-21(16-18-29)10-7-5-3-4-6-8-19-35-25-12-9-11-22-23(25)20-31(28(22)34)24-13-14-26(32)30-27(24)33/h9,11-12,21,24H,3-8,10,13-20H2,1-2H3,(H,30,32,33). The Labute approximate surface area is 215 Å². The van der Waals surface area contributed by atoms with E-state index in [-0.39, 0.29) is 24.1 Å². The number of thioether (sulfide) groups is 1. The molecule has 192 valence electrons. The molecule has 1 unspecified atom stereocenters. The first-order valence-electron chi connectivity index (χ1n) is 13.7. The number of hydrogen-bond acceptors (Lipinski definition) is 4. The van der Waals surface area contributed by atoms with Gasteiger partial charge in [0.1, 0.15) is 6.04 Å². The van der Waals surface area contributed by atoms with E-state index in [9.17, 15) is 14.4 Å². The molecule has 2 aliphatic heterocycles. The highest BCUT2D eigenvalue weighted by Gasteiger charge is 2.39. The van der Waals surface area contributed by atoms with Gasteiger partial charge < -0.3 is 4.90 Å². The molecule has 0 spiro atoms. The molecular weight excluding hydrogens is 456 g/mol. The molecule has 1 N–H and O–H groups in total. The minimum Gasteiger partial charge on any atom is -0.322 e. The number of nitrogens with zero attached hydrogens (tertiary/aromatic N) is 1. The highest BCUT2D eigenvalue weighted by Crippen LogP contribution is 2.40. The van der Waals surface area contributed by atoms with Crippen LogP contribution >= 0.6 is 11.8 Å². The molecule has 1 aromatic carbocycles. The average molecular weight is 499 g/mol. The smallest absolute Gasteiger partial charge is 0.255 e. The third kappa shape index (κ3) is 6.90. The Balaban J connectivity index is 1.13. The van der Waals surface area contributed by atoms with Gasteiger partial charge in [0, 0.05) is 23.4 Å². The van der Waals surface area contributed by atoms with Crippen LogP contribution in [0.3, 0.4) is 0 Å². The van der Waals surface area contributed by atoms with Crippen LogP contribution < -0.4 is 5.32 Å². The molecule has 1 aromatic rings. The van der Waals surface area contributed by atoms with E-state index in [1.807, 2.05) is 23.9 Å². The summed E-state index contributed by atoms with van der Waals surface area (Å²) in [6, 6.07) is 5.36. The Morgan fingerprint density at radius 1 is 0.971 bits per heavy atom. The Morgan fingerprint density at radius 3 is 2.43 bits per heavy atom. The van der Waals surface area contributed by atoms with Gasteiger partial charge in [0.25, 0.3) is 5.91 Å². The van der Waals surface area contributed by atoms with Crippen LogP contribution in [0.25, 0.3) is 0 Å². The molecule has 0 radical (unpaired) electrons. The largest absolute Gasteiger partial charge is 0.322 e. The summed E-state index contributed by atoms with van der Waals surface area (Å²) in [5, 5.41) is 2.38. The predicted octanol–water partition coefficient (Wildman–Crippen LogP) is 6.49. The molecule has 1 saturated heterocycles. The van der Waals surface area contributed by atoms with Gasteiger partial charge >= 0.3 is 0 Å². The summed E-state index contributed by atoms with van der Waals surface area (Å²) in [7, 11) is 0. The zero-order valence-corrected chi connectivity index (χ0v) is 22.4. The van der Waals surface area contributed by atoms with Crippen LogP contribution in [0.5, 0.6) is 0 Å². The van der Waals surface area contributed by atoms with E-state index in [4.69, 9.17) is 0 Å². The van der Waals surface area contributed by atoms with Gasteiger partial charge in [-0.15, -0.1) is 11.8 Å². The monoisotopic (exact) mass is 498 g/mol. The molecule has 6 heteroatoms. The first-order chi connectivity index (χ1) is 16.8. The second-order valence-corrected chi connectivity index (χ2v) is 12.7. The molecule has 5 nitrogen and oxygen atoms in total. The second kappa shape index (κ2) is 11.9. The lowest BCUT2D eigenvalue weighted by Crippen LogP contribution is -2.52. The predicted molar refractivity (Wildman–Crippen MR) is 141 cm³/mol. The number of carbonyl (C=O) groups is 3. The molecule has 2 fully saturated rings. The molecule has 3 amide bonds. The number of fused-ring (bicyclic) bond motifs is 1. The molecule has 0 bridgehead atoms. The fourth-order valence-corrected chi connectivity index (χ4v) is 6.96. The van der Waals surface area contributed by atoms with Crippen LogP contribution in [0.2, 0.25) is 0 Å². The van der Waals surface area contributed by atoms with Gasteiger partial charge in [0.15, 0.2) is 0 Å². The summed E-state index contributed by atoms with van der Waals surface area (Å²) in [6.45, 7) is 5.30. The van der Waals surface area contributed by atoms with Gasteiger partial charge in [-0.25, -0.2) is 0 Å². The maximum absolute atomic E-state index is 13.0. The van der Waals surface area contributed by atoms with Crippen molar-refractivity contribution >= 4 is 29.5 Å². The van der Waals surface area contributed by atoms with Crippen LogP contribution in [0, 0.1) is 11.3 Å². The van der Waals surface area contributed by atoms with Crippen molar-refractivity contribution in [3.63, 3.8) is 0 Å². The number of unbranched alkanes of at least 4 members (excludes halogenated alkanes) is 5. The van der Waals surface area contributed by atoms with Crippen molar-refractivity contribution in [3.05, 3.63) is 29.3 Å². The van der Waals surface area contributed by atoms with Crippen LogP contribution in [0.1, 0.15) is 113 Å². The van der Waals surface area contributed by atoms with Crippen molar-refractivity contribution in [1.82, 2.24) is 10.2 Å². The molecule has 35 heavy (non-hydrogen) atoms. The number of imide groups is 1. The Bertz CT molecular complexity index is 919. The van der Waals surface area contributed by atoms with Crippen molar-refractivity contribution in [2.24, 2.45) is 11.3 Å². The van der Waals surface area contributed by atoms with Crippen LogP contribution in [0.15, 0.2) is 23.1 Å². The first-order valence-corrected chi connectivity index (χ1v) is 14.7. The quantitative estimate of drug-likeness (QED) is 0.215. The average Bonchev–Trinajstić information content (AvgIpc) is 3.16. The van der Waals surface area contributed by atoms with Crippen molar-refractivity contribution < 1.29 is 14.4 Å². The first kappa shape index (κ1) is 26.2. The molecular formula is C29H42N2O3S. The minimum absolute atomic E-state index is 0.0890. The molecule has 3 aliphatic rings. The summed E-state index contributed by atoms with van der Waals surface area (Å²) in [4.78, 5) is 39.5. The van der Waals surface area contributed by atoms with Gasteiger partial charge in [0.05, 0.1) is 0 Å². The van der Waals surface area contributed by atoms with E-state index in [0.29, 0.717) is 23.9 Å². The molecule has 1 aliphatic carbocycles. The molecule has 1 saturated carbocycles. The lowest BCUT2D eigenvalue weighted by Gasteiger charge is -2.34. The van der Waals surface area contributed by atoms with E-state index in [0.717, 1.165) is 22.1 Å². The van der Waals surface area contributed by atoms with E-state index in [1.165, 1.54) is 70.6 Å². The summed E-state index contributed by atoms with van der Waals surface area (Å²) < 4.78 is 0. The SMILES string of the molecule is CC1(C)CCC(CCCCCCCCSc2cccc3c2CN(C2CCC(=O)NC2=O)C3=O)CC1. The topological polar surface area (TPSA) is 66.5 Å². The van der Waals surface area contributed by atoms with Gasteiger partial charge in [-0.3, -0.25) is 19.7 Å². The third-order valence-electron chi connectivity index (χ3n) is 8.26. The number of rotatable bonds is 11. The number of carbonyl (C=O) groups excluding carboxylic acids is 3. The van der Waals surface area contributed by atoms with E-state index in [2.05, 4.69) is 25.2 Å². The van der Waals surface area contributed by atoms with Crippen molar-refractivity contribution in [3.8, 4) is 0 Å². The van der Waals surface area contributed by atoms with Gasteiger partial charge in [-0.2, -0.15) is 0 Å². The minimum atomic E-state index is -0.546. The number of piperidine rings is 1. The third-order valence-corrected chi connectivity index (χ3v) is 9.45. The van der Waals surface area contributed by atoms with Crippen molar-refractivity contribution in [2.45, 2.75) is 115 Å². The zero-order chi connectivity index (χ0) is 24.8.